The summed E-state index contributed by atoms with van der Waals surface area (Å²) in [6.45, 7) is 1.50. The van der Waals surface area contributed by atoms with Crippen LogP contribution in [0.15, 0.2) is 103 Å². The molecular weight excluding hydrogens is 373 g/mol. The van der Waals surface area contributed by atoms with Crippen LogP contribution in [-0.2, 0) is 6.54 Å². The molecule has 0 saturated heterocycles. The lowest BCUT2D eigenvalue weighted by molar-refractivity contribution is 0.196. The molecule has 4 aromatic carbocycles. The maximum atomic E-state index is 13.4. The van der Waals surface area contributed by atoms with Gasteiger partial charge in [-0.15, -0.1) is 0 Å². The Kier molecular flexibility index (Phi) is 4.94. The van der Waals surface area contributed by atoms with Crippen LogP contribution in [-0.4, -0.2) is 6.54 Å². The number of anilines is 1. The topological polar surface area (TPSA) is 12.5 Å². The van der Waals surface area contributed by atoms with Gasteiger partial charge in [0.25, 0.3) is 0 Å². The Morgan fingerprint density at radius 3 is 2.17 bits per heavy atom. The van der Waals surface area contributed by atoms with Crippen LogP contribution in [0.5, 0.6) is 5.75 Å². The van der Waals surface area contributed by atoms with Gasteiger partial charge in [0.05, 0.1) is 12.2 Å². The van der Waals surface area contributed by atoms with E-state index in [1.165, 1.54) is 28.8 Å². The molecule has 3 heteroatoms. The van der Waals surface area contributed by atoms with E-state index in [2.05, 4.69) is 59.5 Å². The number of benzene rings is 4. The van der Waals surface area contributed by atoms with E-state index in [-0.39, 0.29) is 11.9 Å². The molecule has 0 spiro atoms. The van der Waals surface area contributed by atoms with Gasteiger partial charge in [-0.05, 0) is 46.5 Å². The minimum Gasteiger partial charge on any atom is -0.482 e. The molecule has 0 bridgehead atoms. The number of fused-ring (bicyclic) bond motifs is 1. The van der Waals surface area contributed by atoms with Crippen molar-refractivity contribution in [2.24, 2.45) is 0 Å². The minimum absolute atomic E-state index is 0.135. The molecule has 2 nitrogen and oxygen atoms in total. The van der Waals surface area contributed by atoms with Gasteiger partial charge in [-0.3, -0.25) is 0 Å². The number of nitrogens with zero attached hydrogens (tertiary/aromatic N) is 1. The average molecular weight is 395 g/mol. The van der Waals surface area contributed by atoms with Crippen molar-refractivity contribution in [3.05, 3.63) is 120 Å². The lowest BCUT2D eigenvalue weighted by Gasteiger charge is -2.36. The molecule has 0 aliphatic carbocycles. The molecule has 30 heavy (non-hydrogen) atoms. The number of rotatable bonds is 4. The van der Waals surface area contributed by atoms with Gasteiger partial charge < -0.3 is 9.64 Å². The summed E-state index contributed by atoms with van der Waals surface area (Å²) in [5.74, 6) is 0.629. The highest BCUT2D eigenvalue weighted by molar-refractivity contribution is 5.64. The number of halogens is 1. The van der Waals surface area contributed by atoms with Gasteiger partial charge in [-0.25, -0.2) is 4.39 Å². The van der Waals surface area contributed by atoms with Crippen LogP contribution in [0.25, 0.3) is 11.1 Å². The SMILES string of the molecule is Fc1ccc(C2CN(Cc3ccc(-c4ccccc4)cc3)c3ccccc3O2)cc1. The molecule has 5 rings (SSSR count). The summed E-state index contributed by atoms with van der Waals surface area (Å²) in [7, 11) is 0. The van der Waals surface area contributed by atoms with Gasteiger partial charge in [0, 0.05) is 6.54 Å². The van der Waals surface area contributed by atoms with Crippen LogP contribution in [0, 0.1) is 5.82 Å². The van der Waals surface area contributed by atoms with Crippen LogP contribution in [0.1, 0.15) is 17.2 Å². The molecule has 4 aromatic rings. The van der Waals surface area contributed by atoms with Crippen LogP contribution < -0.4 is 9.64 Å². The first kappa shape index (κ1) is 18.4. The maximum Gasteiger partial charge on any atom is 0.143 e. The molecule has 0 saturated carbocycles. The molecular formula is C27H22FNO. The standard InChI is InChI=1S/C27H22FNO/c28-24-16-14-23(15-17-24)27-19-29(25-8-4-5-9-26(25)30-27)18-20-10-12-22(13-11-20)21-6-2-1-3-7-21/h1-17,27H,18-19H2. The zero-order valence-corrected chi connectivity index (χ0v) is 16.5. The number of para-hydroxylation sites is 2. The van der Waals surface area contributed by atoms with E-state index >= 15 is 0 Å². The van der Waals surface area contributed by atoms with Crippen molar-refractivity contribution in [1.29, 1.82) is 0 Å². The first-order valence-electron chi connectivity index (χ1n) is 10.2. The third kappa shape index (κ3) is 3.79. The summed E-state index contributed by atoms with van der Waals surface area (Å²) < 4.78 is 19.6. The van der Waals surface area contributed by atoms with Crippen molar-refractivity contribution >= 4 is 5.69 Å². The number of ether oxygens (including phenoxy) is 1. The fourth-order valence-electron chi connectivity index (χ4n) is 3.96. The van der Waals surface area contributed by atoms with Gasteiger partial charge in [-0.1, -0.05) is 78.9 Å². The maximum absolute atomic E-state index is 13.4. The number of hydrogen-bond acceptors (Lipinski definition) is 2. The average Bonchev–Trinajstić information content (AvgIpc) is 2.80. The largest absolute Gasteiger partial charge is 0.482 e. The Labute approximate surface area is 176 Å². The first-order chi connectivity index (χ1) is 14.8. The highest BCUT2D eigenvalue weighted by atomic mass is 19.1. The third-order valence-corrected chi connectivity index (χ3v) is 5.54. The quantitative estimate of drug-likeness (QED) is 0.384. The Hall–Kier alpha value is -3.59. The highest BCUT2D eigenvalue weighted by Crippen LogP contribution is 2.38. The van der Waals surface area contributed by atoms with Gasteiger partial charge >= 0.3 is 0 Å². The molecule has 0 aromatic heterocycles. The van der Waals surface area contributed by atoms with Crippen LogP contribution in [0.4, 0.5) is 10.1 Å². The minimum atomic E-state index is -0.231. The Bertz CT molecular complexity index is 1120. The molecule has 148 valence electrons. The van der Waals surface area contributed by atoms with Gasteiger partial charge in [0.15, 0.2) is 0 Å². The summed E-state index contributed by atoms with van der Waals surface area (Å²) in [6, 6.07) is 33.8. The van der Waals surface area contributed by atoms with Crippen molar-refractivity contribution in [2.45, 2.75) is 12.6 Å². The molecule has 0 radical (unpaired) electrons. The lowest BCUT2D eigenvalue weighted by Crippen LogP contribution is -2.34. The highest BCUT2D eigenvalue weighted by Gasteiger charge is 2.26. The van der Waals surface area contributed by atoms with Crippen molar-refractivity contribution in [2.75, 3.05) is 11.4 Å². The van der Waals surface area contributed by atoms with E-state index in [0.717, 1.165) is 23.5 Å². The molecule has 1 heterocycles. The van der Waals surface area contributed by atoms with Crippen LogP contribution in [0.2, 0.25) is 0 Å². The summed E-state index contributed by atoms with van der Waals surface area (Å²) in [4.78, 5) is 2.34. The van der Waals surface area contributed by atoms with E-state index in [1.54, 1.807) is 12.1 Å². The predicted octanol–water partition coefficient (Wildman–Crippen LogP) is 6.63. The monoisotopic (exact) mass is 395 g/mol. The molecule has 1 aliphatic rings. The molecule has 1 atom stereocenters. The molecule has 1 unspecified atom stereocenters. The summed E-state index contributed by atoms with van der Waals surface area (Å²) in [5.41, 5.74) is 5.74. The van der Waals surface area contributed by atoms with Crippen molar-refractivity contribution in [3.63, 3.8) is 0 Å². The second kappa shape index (κ2) is 8.03. The molecule has 1 aliphatic heterocycles. The lowest BCUT2D eigenvalue weighted by atomic mass is 10.0. The normalized spacial score (nSPS) is 15.4. The third-order valence-electron chi connectivity index (χ3n) is 5.54. The second-order valence-corrected chi connectivity index (χ2v) is 7.57. The predicted molar refractivity (Wildman–Crippen MR) is 119 cm³/mol. The van der Waals surface area contributed by atoms with Crippen LogP contribution in [0.3, 0.4) is 0 Å². The molecule has 0 N–H and O–H groups in total. The summed E-state index contributed by atoms with van der Waals surface area (Å²) in [5, 5.41) is 0. The smallest absolute Gasteiger partial charge is 0.143 e. The first-order valence-corrected chi connectivity index (χ1v) is 10.2. The Balaban J connectivity index is 1.40. The summed E-state index contributed by atoms with van der Waals surface area (Å²) in [6.07, 6.45) is -0.135. The zero-order chi connectivity index (χ0) is 20.3. The van der Waals surface area contributed by atoms with Crippen LogP contribution >= 0.6 is 0 Å². The Morgan fingerprint density at radius 1 is 0.733 bits per heavy atom. The Morgan fingerprint density at radius 2 is 1.40 bits per heavy atom. The van der Waals surface area contributed by atoms with Crippen molar-refractivity contribution in [1.82, 2.24) is 0 Å². The fraction of sp³-hybridized carbons (Fsp3) is 0.111. The van der Waals surface area contributed by atoms with E-state index < -0.39 is 0 Å². The fourth-order valence-corrected chi connectivity index (χ4v) is 3.96. The van der Waals surface area contributed by atoms with E-state index in [4.69, 9.17) is 4.74 Å². The van der Waals surface area contributed by atoms with E-state index in [1.807, 2.05) is 24.3 Å². The van der Waals surface area contributed by atoms with Crippen molar-refractivity contribution in [3.8, 4) is 16.9 Å². The second-order valence-electron chi connectivity index (χ2n) is 7.57. The van der Waals surface area contributed by atoms with E-state index in [0.29, 0.717) is 6.54 Å². The van der Waals surface area contributed by atoms with Crippen molar-refractivity contribution < 1.29 is 9.13 Å². The van der Waals surface area contributed by atoms with Gasteiger partial charge in [0.2, 0.25) is 0 Å². The van der Waals surface area contributed by atoms with Gasteiger partial charge in [0.1, 0.15) is 17.7 Å². The zero-order valence-electron chi connectivity index (χ0n) is 16.5. The molecule has 0 fully saturated rings. The van der Waals surface area contributed by atoms with E-state index in [9.17, 15) is 4.39 Å². The summed E-state index contributed by atoms with van der Waals surface area (Å²) >= 11 is 0. The molecule has 0 amide bonds. The van der Waals surface area contributed by atoms with Gasteiger partial charge in [-0.2, -0.15) is 0 Å². The number of hydrogen-bond donors (Lipinski definition) is 0.